The zero-order valence-corrected chi connectivity index (χ0v) is 13.5. The van der Waals surface area contributed by atoms with Gasteiger partial charge < -0.3 is 0 Å². The van der Waals surface area contributed by atoms with E-state index < -0.39 is 0 Å². The highest BCUT2D eigenvalue weighted by molar-refractivity contribution is 6.22. The van der Waals surface area contributed by atoms with Gasteiger partial charge in [0.15, 0.2) is 0 Å². The van der Waals surface area contributed by atoms with E-state index >= 15 is 0 Å². The highest BCUT2D eigenvalue weighted by Crippen LogP contribution is 2.29. The van der Waals surface area contributed by atoms with Gasteiger partial charge in [-0.15, -0.1) is 0 Å². The van der Waals surface area contributed by atoms with Gasteiger partial charge in [0.25, 0.3) is 5.91 Å². The van der Waals surface area contributed by atoms with Crippen molar-refractivity contribution in [2.24, 2.45) is 0 Å². The zero-order chi connectivity index (χ0) is 15.7. The summed E-state index contributed by atoms with van der Waals surface area (Å²) in [5.74, 6) is -0.106. The van der Waals surface area contributed by atoms with E-state index in [1.165, 1.54) is 17.7 Å². The van der Waals surface area contributed by atoms with Crippen LogP contribution in [0.5, 0.6) is 0 Å². The summed E-state index contributed by atoms with van der Waals surface area (Å²) in [6, 6.07) is 5.62. The van der Waals surface area contributed by atoms with Gasteiger partial charge >= 0.3 is 0 Å². The van der Waals surface area contributed by atoms with E-state index in [9.17, 15) is 9.59 Å². The molecule has 0 radical (unpaired) electrons. The Morgan fingerprint density at radius 2 is 1.68 bits per heavy atom. The third kappa shape index (κ3) is 2.80. The summed E-state index contributed by atoms with van der Waals surface area (Å²) < 4.78 is 0. The molecule has 0 aromatic heterocycles. The van der Waals surface area contributed by atoms with E-state index in [0.717, 1.165) is 42.7 Å². The van der Waals surface area contributed by atoms with Crippen LogP contribution in [0.25, 0.3) is 0 Å². The van der Waals surface area contributed by atoms with Gasteiger partial charge in [0.05, 0.1) is 18.2 Å². The molecular formula is C18H24N2O2. The van der Waals surface area contributed by atoms with Crippen LogP contribution in [0.1, 0.15) is 43.2 Å². The molecule has 0 aliphatic carbocycles. The third-order valence-corrected chi connectivity index (χ3v) is 4.80. The first-order valence-electron chi connectivity index (χ1n) is 8.26. The van der Waals surface area contributed by atoms with Gasteiger partial charge in [0.2, 0.25) is 5.91 Å². The maximum Gasteiger partial charge on any atom is 0.251 e. The Balaban J connectivity index is 1.84. The van der Waals surface area contributed by atoms with Crippen LogP contribution in [-0.4, -0.2) is 35.8 Å². The quantitative estimate of drug-likeness (QED) is 0.789. The Hall–Kier alpha value is -1.68. The normalized spacial score (nSPS) is 23.9. The monoisotopic (exact) mass is 300 g/mol. The Morgan fingerprint density at radius 3 is 2.32 bits per heavy atom. The van der Waals surface area contributed by atoms with Gasteiger partial charge in [-0.1, -0.05) is 30.5 Å². The Bertz CT molecular complexity index is 589. The molecule has 1 atom stereocenters. The van der Waals surface area contributed by atoms with Crippen LogP contribution in [-0.2, 0) is 9.59 Å². The topological polar surface area (TPSA) is 40.6 Å². The highest BCUT2D eigenvalue weighted by Gasteiger charge is 2.42. The van der Waals surface area contributed by atoms with Crippen molar-refractivity contribution in [2.45, 2.75) is 52.0 Å². The molecular weight excluding hydrogens is 276 g/mol. The molecule has 4 nitrogen and oxygen atoms in total. The van der Waals surface area contributed by atoms with Crippen LogP contribution < -0.4 is 4.90 Å². The third-order valence-electron chi connectivity index (χ3n) is 4.80. The first-order valence-corrected chi connectivity index (χ1v) is 8.26. The number of nitrogens with zero attached hydrogens (tertiary/aromatic N) is 2. The van der Waals surface area contributed by atoms with E-state index in [2.05, 4.69) is 4.90 Å². The van der Waals surface area contributed by atoms with Crippen molar-refractivity contribution in [1.82, 2.24) is 4.90 Å². The van der Waals surface area contributed by atoms with Crippen molar-refractivity contribution in [1.29, 1.82) is 0 Å². The molecule has 0 unspecified atom stereocenters. The number of amides is 2. The fourth-order valence-electron chi connectivity index (χ4n) is 3.62. The van der Waals surface area contributed by atoms with Crippen molar-refractivity contribution in [3.8, 4) is 0 Å². The molecule has 2 saturated heterocycles. The molecule has 0 spiro atoms. The second-order valence-electron chi connectivity index (χ2n) is 6.53. The van der Waals surface area contributed by atoms with Crippen molar-refractivity contribution in [3.05, 3.63) is 29.3 Å². The lowest BCUT2D eigenvalue weighted by Crippen LogP contribution is -2.42. The Labute approximate surface area is 132 Å². The lowest BCUT2D eigenvalue weighted by molar-refractivity contribution is -0.122. The summed E-state index contributed by atoms with van der Waals surface area (Å²) in [6.45, 7) is 5.85. The molecule has 2 fully saturated rings. The first-order chi connectivity index (χ1) is 10.6. The number of rotatable bonds is 2. The van der Waals surface area contributed by atoms with Crippen LogP contribution in [0, 0.1) is 13.8 Å². The van der Waals surface area contributed by atoms with Crippen molar-refractivity contribution >= 4 is 17.5 Å². The number of carbonyl (C=O) groups is 2. The summed E-state index contributed by atoms with van der Waals surface area (Å²) in [5.41, 5.74) is 2.88. The molecule has 2 amide bonds. The minimum Gasteiger partial charge on any atom is -0.292 e. The second kappa shape index (κ2) is 6.21. The van der Waals surface area contributed by atoms with Crippen molar-refractivity contribution < 1.29 is 9.59 Å². The minimum atomic E-state index is -0.258. The lowest BCUT2D eigenvalue weighted by atomic mass is 10.1. The van der Waals surface area contributed by atoms with E-state index in [0.29, 0.717) is 6.42 Å². The molecule has 0 bridgehead atoms. The largest absolute Gasteiger partial charge is 0.292 e. The minimum absolute atomic E-state index is 0.0427. The number of benzene rings is 1. The van der Waals surface area contributed by atoms with E-state index in [1.54, 1.807) is 0 Å². The van der Waals surface area contributed by atoms with Gasteiger partial charge in [-0.05, 0) is 51.4 Å². The maximum absolute atomic E-state index is 12.8. The summed E-state index contributed by atoms with van der Waals surface area (Å²) in [7, 11) is 0. The fourth-order valence-corrected chi connectivity index (χ4v) is 3.62. The summed E-state index contributed by atoms with van der Waals surface area (Å²) in [4.78, 5) is 28.9. The van der Waals surface area contributed by atoms with Crippen molar-refractivity contribution in [3.63, 3.8) is 0 Å². The smallest absolute Gasteiger partial charge is 0.251 e. The molecule has 2 aliphatic heterocycles. The van der Waals surface area contributed by atoms with E-state index in [-0.39, 0.29) is 17.9 Å². The number of likely N-dealkylation sites (tertiary alicyclic amines) is 1. The molecule has 0 saturated carbocycles. The first kappa shape index (κ1) is 15.2. The molecule has 1 aromatic carbocycles. The average molecular weight is 300 g/mol. The molecule has 118 valence electrons. The number of hydrogen-bond acceptors (Lipinski definition) is 3. The number of aryl methyl sites for hydroxylation is 2. The second-order valence-corrected chi connectivity index (χ2v) is 6.53. The predicted octanol–water partition coefficient (Wildman–Crippen LogP) is 2.81. The molecule has 3 rings (SSSR count). The van der Waals surface area contributed by atoms with Gasteiger partial charge in [0.1, 0.15) is 0 Å². The Morgan fingerprint density at radius 1 is 1.00 bits per heavy atom. The average Bonchev–Trinajstić information content (AvgIpc) is 2.69. The number of anilines is 1. The van der Waals surface area contributed by atoms with Crippen LogP contribution >= 0.6 is 0 Å². The Kier molecular flexibility index (Phi) is 4.30. The highest BCUT2D eigenvalue weighted by atomic mass is 16.2. The molecule has 22 heavy (non-hydrogen) atoms. The van der Waals surface area contributed by atoms with Gasteiger partial charge in [-0.2, -0.15) is 0 Å². The van der Waals surface area contributed by atoms with Crippen LogP contribution in [0.15, 0.2) is 18.2 Å². The fraction of sp³-hybridized carbons (Fsp3) is 0.556. The standard InChI is InChI=1S/C18H24N2O2/c1-13-7-8-15(14(2)11-13)20-17(21)12-16(18(20)22)19-9-5-3-4-6-10-19/h7-8,11,16H,3-6,9-10,12H2,1-2H3/t16-/m1/s1. The molecule has 1 aromatic rings. The summed E-state index contributed by atoms with van der Waals surface area (Å²) in [5, 5.41) is 0. The number of carbonyl (C=O) groups excluding carboxylic acids is 2. The van der Waals surface area contributed by atoms with E-state index in [1.807, 2.05) is 32.0 Å². The molecule has 2 aliphatic rings. The molecule has 0 N–H and O–H groups in total. The van der Waals surface area contributed by atoms with Crippen LogP contribution in [0.2, 0.25) is 0 Å². The van der Waals surface area contributed by atoms with E-state index in [4.69, 9.17) is 0 Å². The predicted molar refractivity (Wildman–Crippen MR) is 86.9 cm³/mol. The van der Waals surface area contributed by atoms with Gasteiger partial charge in [0, 0.05) is 0 Å². The van der Waals surface area contributed by atoms with Crippen LogP contribution in [0.3, 0.4) is 0 Å². The van der Waals surface area contributed by atoms with Crippen molar-refractivity contribution in [2.75, 3.05) is 18.0 Å². The zero-order valence-electron chi connectivity index (χ0n) is 13.5. The maximum atomic E-state index is 12.8. The van der Waals surface area contributed by atoms with Gasteiger partial charge in [-0.3, -0.25) is 14.5 Å². The number of imide groups is 1. The van der Waals surface area contributed by atoms with Crippen LogP contribution in [0.4, 0.5) is 5.69 Å². The lowest BCUT2D eigenvalue weighted by Gasteiger charge is -2.25. The van der Waals surface area contributed by atoms with Gasteiger partial charge in [-0.25, -0.2) is 4.90 Å². The summed E-state index contributed by atoms with van der Waals surface area (Å²) >= 11 is 0. The SMILES string of the molecule is Cc1ccc(N2C(=O)C[C@@H](N3CCCCCC3)C2=O)c(C)c1. The number of hydrogen-bond donors (Lipinski definition) is 0. The molecule has 2 heterocycles. The summed E-state index contributed by atoms with van der Waals surface area (Å²) in [6.07, 6.45) is 5.04. The molecule has 4 heteroatoms.